The molecular formula is C18H24O5. The first-order valence-corrected chi connectivity index (χ1v) is 7.89. The monoisotopic (exact) mass is 320 g/mol. The molecule has 5 nitrogen and oxygen atoms in total. The Balaban J connectivity index is 2.57. The van der Waals surface area contributed by atoms with E-state index in [1.54, 1.807) is 25.2 Å². The van der Waals surface area contributed by atoms with Crippen molar-refractivity contribution in [3.8, 4) is 0 Å². The maximum absolute atomic E-state index is 12.9. The van der Waals surface area contributed by atoms with Crippen molar-refractivity contribution in [2.75, 3.05) is 6.61 Å². The average molecular weight is 320 g/mol. The van der Waals surface area contributed by atoms with E-state index in [0.29, 0.717) is 13.0 Å². The molecule has 0 saturated heterocycles. The minimum atomic E-state index is -1.69. The predicted octanol–water partition coefficient (Wildman–Crippen LogP) is 2.26. The molecule has 5 heteroatoms. The summed E-state index contributed by atoms with van der Waals surface area (Å²) in [6.45, 7) is 6.93. The van der Waals surface area contributed by atoms with E-state index in [1.165, 1.54) is 19.9 Å². The molecule has 1 unspecified atom stereocenters. The highest BCUT2D eigenvalue weighted by Gasteiger charge is 2.68. The van der Waals surface area contributed by atoms with Crippen molar-refractivity contribution in [3.05, 3.63) is 35.6 Å². The summed E-state index contributed by atoms with van der Waals surface area (Å²) in [6.07, 6.45) is 6.27. The number of rotatable bonds is 4. The highest BCUT2D eigenvalue weighted by atomic mass is 16.5. The highest BCUT2D eigenvalue weighted by molar-refractivity contribution is 6.21. The zero-order valence-electron chi connectivity index (χ0n) is 14.0. The summed E-state index contributed by atoms with van der Waals surface area (Å²) in [7, 11) is 0. The molecule has 3 saturated carbocycles. The van der Waals surface area contributed by atoms with E-state index in [9.17, 15) is 19.8 Å². The zero-order valence-corrected chi connectivity index (χ0v) is 14.0. The Hall–Kier alpha value is -1.72. The Morgan fingerprint density at radius 3 is 2.57 bits per heavy atom. The van der Waals surface area contributed by atoms with E-state index in [0.717, 1.165) is 0 Å². The van der Waals surface area contributed by atoms with Crippen molar-refractivity contribution in [1.29, 1.82) is 0 Å². The third-order valence-corrected chi connectivity index (χ3v) is 4.97. The molecule has 0 amide bonds. The number of hydrogen-bond donors (Lipinski definition) is 2. The number of ketones is 2. The van der Waals surface area contributed by atoms with E-state index < -0.39 is 34.6 Å². The first-order chi connectivity index (χ1) is 10.7. The molecule has 0 spiro atoms. The third-order valence-electron chi connectivity index (χ3n) is 4.97. The van der Waals surface area contributed by atoms with Crippen molar-refractivity contribution in [2.45, 2.75) is 45.8 Å². The lowest BCUT2D eigenvalue weighted by atomic mass is 9.50. The maximum atomic E-state index is 12.9. The molecule has 2 bridgehead atoms. The summed E-state index contributed by atoms with van der Waals surface area (Å²) in [6, 6.07) is 0. The number of carbonyl (C=O) groups is 2. The van der Waals surface area contributed by atoms with Gasteiger partial charge in [-0.15, -0.1) is 0 Å². The second-order valence-electron chi connectivity index (χ2n) is 6.42. The van der Waals surface area contributed by atoms with Crippen molar-refractivity contribution in [1.82, 2.24) is 0 Å². The van der Waals surface area contributed by atoms with Crippen LogP contribution in [0.1, 0.15) is 34.1 Å². The normalized spacial score (nSPS) is 39.7. The smallest absolute Gasteiger partial charge is 0.180 e. The van der Waals surface area contributed by atoms with Crippen molar-refractivity contribution in [3.63, 3.8) is 0 Å². The zero-order chi connectivity index (χ0) is 17.4. The summed E-state index contributed by atoms with van der Waals surface area (Å²) >= 11 is 0. The fraction of sp³-hybridized carbons (Fsp3) is 0.556. The number of allylic oxidation sites excluding steroid dienone is 4. The van der Waals surface area contributed by atoms with Gasteiger partial charge in [0.25, 0.3) is 0 Å². The van der Waals surface area contributed by atoms with Crippen molar-refractivity contribution < 1.29 is 24.5 Å². The first kappa shape index (κ1) is 17.6. The second-order valence-corrected chi connectivity index (χ2v) is 6.42. The first-order valence-electron chi connectivity index (χ1n) is 7.89. The Labute approximate surface area is 136 Å². The van der Waals surface area contributed by atoms with Crippen LogP contribution in [0.3, 0.4) is 0 Å². The molecular weight excluding hydrogens is 296 g/mol. The number of Topliss-reactive ketones (excluding diaryl/α,β-unsaturated/α-hetero) is 2. The molecule has 0 heterocycles. The molecule has 0 aromatic heterocycles. The van der Waals surface area contributed by atoms with Gasteiger partial charge in [0.05, 0.1) is 6.10 Å². The minimum absolute atomic E-state index is 0.119. The van der Waals surface area contributed by atoms with Gasteiger partial charge in [0.15, 0.2) is 11.6 Å². The topological polar surface area (TPSA) is 83.8 Å². The molecule has 3 fully saturated rings. The fourth-order valence-electron chi connectivity index (χ4n) is 3.67. The summed E-state index contributed by atoms with van der Waals surface area (Å²) in [5, 5.41) is 21.0. The molecule has 3 rings (SSSR count). The van der Waals surface area contributed by atoms with Crippen LogP contribution in [0.15, 0.2) is 35.6 Å². The van der Waals surface area contributed by atoms with E-state index in [1.807, 2.05) is 6.92 Å². The van der Waals surface area contributed by atoms with Gasteiger partial charge in [0.1, 0.15) is 16.8 Å². The van der Waals surface area contributed by atoms with Gasteiger partial charge in [-0.25, -0.2) is 0 Å². The molecule has 126 valence electrons. The standard InChI is InChI=1S/C18H24O5/c1-5-7-8-9-12(19)14-11-10-13(23-6-2)17(3,15(14)20)16(21)18(11,4)22/h5,7-9,11,13,19,22H,6,10H2,1-4H3/b7-5+,9-8+,14-12-/t11-,13?,17+,18-/m0/s1. The lowest BCUT2D eigenvalue weighted by molar-refractivity contribution is -0.186. The third kappa shape index (κ3) is 2.48. The highest BCUT2D eigenvalue weighted by Crippen LogP contribution is 2.54. The number of aliphatic hydroxyl groups excluding tert-OH is 1. The fourth-order valence-corrected chi connectivity index (χ4v) is 3.67. The van der Waals surface area contributed by atoms with Crippen molar-refractivity contribution >= 4 is 11.6 Å². The molecule has 4 atom stereocenters. The molecule has 23 heavy (non-hydrogen) atoms. The lowest BCUT2D eigenvalue weighted by Gasteiger charge is -2.54. The quantitative estimate of drug-likeness (QED) is 0.359. The summed E-state index contributed by atoms with van der Waals surface area (Å²) in [5.74, 6) is -1.95. The Morgan fingerprint density at radius 1 is 1.35 bits per heavy atom. The van der Waals surface area contributed by atoms with Gasteiger partial charge in [-0.05, 0) is 40.2 Å². The van der Waals surface area contributed by atoms with Crippen LogP contribution in [0, 0.1) is 11.3 Å². The van der Waals surface area contributed by atoms with Gasteiger partial charge in [-0.1, -0.05) is 18.2 Å². The Kier molecular flexibility index (Phi) is 4.64. The Bertz CT molecular complexity index is 611. The summed E-state index contributed by atoms with van der Waals surface area (Å²) in [4.78, 5) is 25.6. The molecule has 0 aliphatic heterocycles. The van der Waals surface area contributed by atoms with Gasteiger partial charge in [0.2, 0.25) is 0 Å². The van der Waals surface area contributed by atoms with Gasteiger partial charge in [-0.2, -0.15) is 0 Å². The molecule has 3 aliphatic carbocycles. The minimum Gasteiger partial charge on any atom is -0.508 e. The van der Waals surface area contributed by atoms with Crippen LogP contribution in [0.4, 0.5) is 0 Å². The van der Waals surface area contributed by atoms with E-state index in [4.69, 9.17) is 4.74 Å². The molecule has 3 aliphatic rings. The predicted molar refractivity (Wildman–Crippen MR) is 85.9 cm³/mol. The summed E-state index contributed by atoms with van der Waals surface area (Å²) < 4.78 is 5.59. The largest absolute Gasteiger partial charge is 0.508 e. The van der Waals surface area contributed by atoms with Gasteiger partial charge in [0, 0.05) is 18.1 Å². The number of hydrogen-bond acceptors (Lipinski definition) is 5. The second kappa shape index (κ2) is 6.06. The molecule has 0 aromatic carbocycles. The van der Waals surface area contributed by atoms with Gasteiger partial charge < -0.3 is 14.9 Å². The van der Waals surface area contributed by atoms with Crippen LogP contribution in [0.25, 0.3) is 0 Å². The van der Waals surface area contributed by atoms with E-state index in [-0.39, 0.29) is 11.3 Å². The van der Waals surface area contributed by atoms with Crippen LogP contribution in [-0.4, -0.2) is 40.1 Å². The number of carbonyl (C=O) groups excluding carboxylic acids is 2. The average Bonchev–Trinajstić information content (AvgIpc) is 2.49. The molecule has 0 radical (unpaired) electrons. The number of aliphatic hydroxyl groups is 2. The van der Waals surface area contributed by atoms with Crippen molar-refractivity contribution in [2.24, 2.45) is 11.3 Å². The van der Waals surface area contributed by atoms with E-state index in [2.05, 4.69) is 0 Å². The van der Waals surface area contributed by atoms with Crippen LogP contribution < -0.4 is 0 Å². The molecule has 2 N–H and O–H groups in total. The van der Waals surface area contributed by atoms with E-state index >= 15 is 0 Å². The maximum Gasteiger partial charge on any atom is 0.180 e. The van der Waals surface area contributed by atoms with Crippen LogP contribution >= 0.6 is 0 Å². The number of ether oxygens (including phenoxy) is 1. The van der Waals surface area contributed by atoms with Crippen LogP contribution in [0.5, 0.6) is 0 Å². The van der Waals surface area contributed by atoms with Crippen LogP contribution in [-0.2, 0) is 14.3 Å². The van der Waals surface area contributed by atoms with Gasteiger partial charge >= 0.3 is 0 Å². The summed E-state index contributed by atoms with van der Waals surface area (Å²) in [5.41, 5.74) is -3.03. The van der Waals surface area contributed by atoms with Gasteiger partial charge in [-0.3, -0.25) is 9.59 Å². The van der Waals surface area contributed by atoms with Crippen LogP contribution in [0.2, 0.25) is 0 Å². The SMILES string of the molecule is C/C=C/C=C/C(O)=C1/C(=O)[C@]2(C)C(=O)[C@@](C)(O)[C@H]1CC2OCC. The molecule has 0 aromatic rings. The lowest BCUT2D eigenvalue weighted by Crippen LogP contribution is -2.69. The number of fused-ring (bicyclic) bond motifs is 3. The Morgan fingerprint density at radius 2 is 2.00 bits per heavy atom.